The molecule has 0 spiro atoms. The van der Waals surface area contributed by atoms with Gasteiger partial charge >= 0.3 is 0 Å². The number of ether oxygens (including phenoxy) is 1. The maximum Gasteiger partial charge on any atom is 0.0730 e. The summed E-state index contributed by atoms with van der Waals surface area (Å²) in [6.45, 7) is 5.42. The molecular formula is C11H21NO. The Morgan fingerprint density at radius 1 is 1.23 bits per heavy atom. The van der Waals surface area contributed by atoms with Gasteiger partial charge in [0.25, 0.3) is 0 Å². The number of hydrogen-bond acceptors (Lipinski definition) is 2. The Kier molecular flexibility index (Phi) is 3.23. The van der Waals surface area contributed by atoms with Crippen molar-refractivity contribution in [1.82, 2.24) is 5.32 Å². The van der Waals surface area contributed by atoms with Crippen LogP contribution in [0.15, 0.2) is 0 Å². The zero-order valence-electron chi connectivity index (χ0n) is 8.59. The first-order chi connectivity index (χ1) is 6.38. The number of nitrogens with one attached hydrogen (secondary N) is 1. The second kappa shape index (κ2) is 4.43. The maximum absolute atomic E-state index is 5.83. The van der Waals surface area contributed by atoms with E-state index in [1.165, 1.54) is 25.7 Å². The largest absolute Gasteiger partial charge is 0.375 e. The van der Waals surface area contributed by atoms with E-state index in [9.17, 15) is 0 Å². The molecule has 0 radical (unpaired) electrons. The van der Waals surface area contributed by atoms with Crippen molar-refractivity contribution < 1.29 is 4.74 Å². The van der Waals surface area contributed by atoms with Gasteiger partial charge < -0.3 is 10.1 Å². The predicted molar refractivity (Wildman–Crippen MR) is 53.7 cm³/mol. The van der Waals surface area contributed by atoms with Crippen molar-refractivity contribution in [2.75, 3.05) is 19.7 Å². The van der Waals surface area contributed by atoms with E-state index >= 15 is 0 Å². The van der Waals surface area contributed by atoms with Gasteiger partial charge in [0.05, 0.1) is 12.7 Å². The Labute approximate surface area is 81.0 Å². The average molecular weight is 183 g/mol. The Morgan fingerprint density at radius 2 is 2.08 bits per heavy atom. The molecule has 2 rings (SSSR count). The first-order valence-electron chi connectivity index (χ1n) is 5.70. The van der Waals surface area contributed by atoms with Crippen molar-refractivity contribution in [3.8, 4) is 0 Å². The first kappa shape index (κ1) is 9.47. The molecule has 13 heavy (non-hydrogen) atoms. The minimum absolute atomic E-state index is 0.504. The molecule has 3 atom stereocenters. The fraction of sp³-hybridized carbons (Fsp3) is 1.00. The van der Waals surface area contributed by atoms with E-state index in [2.05, 4.69) is 12.2 Å². The Bertz CT molecular complexity index is 154. The zero-order valence-corrected chi connectivity index (χ0v) is 8.59. The van der Waals surface area contributed by atoms with Crippen LogP contribution in [0, 0.1) is 11.8 Å². The minimum atomic E-state index is 0.504. The van der Waals surface area contributed by atoms with Crippen LogP contribution in [0.25, 0.3) is 0 Å². The molecule has 0 aromatic rings. The van der Waals surface area contributed by atoms with Crippen molar-refractivity contribution in [3.63, 3.8) is 0 Å². The highest BCUT2D eigenvalue weighted by atomic mass is 16.5. The van der Waals surface area contributed by atoms with Gasteiger partial charge in [-0.15, -0.1) is 0 Å². The predicted octanol–water partition coefficient (Wildman–Crippen LogP) is 1.80. The van der Waals surface area contributed by atoms with Gasteiger partial charge in [-0.2, -0.15) is 0 Å². The lowest BCUT2D eigenvalue weighted by Crippen LogP contribution is -2.45. The van der Waals surface area contributed by atoms with Gasteiger partial charge in [0.15, 0.2) is 0 Å². The SMILES string of the molecule is CC1CCCCC1C1CNCCO1. The molecule has 1 aliphatic carbocycles. The smallest absolute Gasteiger partial charge is 0.0730 e. The molecule has 2 heteroatoms. The van der Waals surface area contributed by atoms with Gasteiger partial charge in [0.2, 0.25) is 0 Å². The minimum Gasteiger partial charge on any atom is -0.375 e. The van der Waals surface area contributed by atoms with Crippen LogP contribution in [0.1, 0.15) is 32.6 Å². The van der Waals surface area contributed by atoms with Crippen LogP contribution < -0.4 is 5.32 Å². The first-order valence-corrected chi connectivity index (χ1v) is 5.70. The van der Waals surface area contributed by atoms with Gasteiger partial charge in [-0.3, -0.25) is 0 Å². The van der Waals surface area contributed by atoms with E-state index in [-0.39, 0.29) is 0 Å². The van der Waals surface area contributed by atoms with E-state index in [0.717, 1.165) is 31.5 Å². The number of morpholine rings is 1. The standard InChI is InChI=1S/C11H21NO/c1-9-4-2-3-5-10(9)11-8-12-6-7-13-11/h9-12H,2-8H2,1H3. The molecule has 1 heterocycles. The molecule has 2 nitrogen and oxygen atoms in total. The van der Waals surface area contributed by atoms with E-state index < -0.39 is 0 Å². The molecule has 3 unspecified atom stereocenters. The molecule has 0 bridgehead atoms. The van der Waals surface area contributed by atoms with Gasteiger partial charge in [-0.1, -0.05) is 26.2 Å². The van der Waals surface area contributed by atoms with Crippen LogP contribution in [-0.4, -0.2) is 25.8 Å². The molecule has 0 aromatic carbocycles. The third-order valence-electron chi connectivity index (χ3n) is 3.61. The molecule has 1 saturated carbocycles. The topological polar surface area (TPSA) is 21.3 Å². The summed E-state index contributed by atoms with van der Waals surface area (Å²) in [7, 11) is 0. The summed E-state index contributed by atoms with van der Waals surface area (Å²) < 4.78 is 5.83. The monoisotopic (exact) mass is 183 g/mol. The maximum atomic E-state index is 5.83. The van der Waals surface area contributed by atoms with Crippen LogP contribution in [-0.2, 0) is 4.74 Å². The quantitative estimate of drug-likeness (QED) is 0.669. The van der Waals surface area contributed by atoms with E-state index in [1.807, 2.05) is 0 Å². The highest BCUT2D eigenvalue weighted by Gasteiger charge is 2.30. The highest BCUT2D eigenvalue weighted by Crippen LogP contribution is 2.33. The average Bonchev–Trinajstić information content (AvgIpc) is 2.20. The lowest BCUT2D eigenvalue weighted by Gasteiger charge is -2.37. The van der Waals surface area contributed by atoms with Crippen LogP contribution >= 0.6 is 0 Å². The van der Waals surface area contributed by atoms with E-state index in [4.69, 9.17) is 4.74 Å². The van der Waals surface area contributed by atoms with Crippen molar-refractivity contribution in [2.45, 2.75) is 38.7 Å². The van der Waals surface area contributed by atoms with E-state index in [0.29, 0.717) is 6.10 Å². The molecule has 1 aliphatic heterocycles. The lowest BCUT2D eigenvalue weighted by atomic mass is 9.77. The fourth-order valence-corrected chi connectivity index (χ4v) is 2.76. The normalized spacial score (nSPS) is 41.8. The van der Waals surface area contributed by atoms with Gasteiger partial charge in [-0.05, 0) is 18.3 Å². The molecule has 2 fully saturated rings. The second-order valence-corrected chi connectivity index (χ2v) is 4.54. The van der Waals surface area contributed by atoms with Crippen molar-refractivity contribution in [1.29, 1.82) is 0 Å². The molecule has 0 aromatic heterocycles. The summed E-state index contributed by atoms with van der Waals surface area (Å²) in [4.78, 5) is 0. The summed E-state index contributed by atoms with van der Waals surface area (Å²) in [5, 5.41) is 3.43. The Morgan fingerprint density at radius 3 is 2.77 bits per heavy atom. The summed E-state index contributed by atoms with van der Waals surface area (Å²) in [5.74, 6) is 1.69. The van der Waals surface area contributed by atoms with E-state index in [1.54, 1.807) is 0 Å². The second-order valence-electron chi connectivity index (χ2n) is 4.54. The fourth-order valence-electron chi connectivity index (χ4n) is 2.76. The molecule has 0 amide bonds. The summed E-state index contributed by atoms with van der Waals surface area (Å²) >= 11 is 0. The van der Waals surface area contributed by atoms with Crippen LogP contribution in [0.4, 0.5) is 0 Å². The van der Waals surface area contributed by atoms with Gasteiger partial charge in [-0.25, -0.2) is 0 Å². The summed E-state index contributed by atoms with van der Waals surface area (Å²) in [6, 6.07) is 0. The van der Waals surface area contributed by atoms with Crippen molar-refractivity contribution >= 4 is 0 Å². The summed E-state index contributed by atoms with van der Waals surface area (Å²) in [5.41, 5.74) is 0. The molecule has 2 aliphatic rings. The van der Waals surface area contributed by atoms with Gasteiger partial charge in [0, 0.05) is 13.1 Å². The molecular weight excluding hydrogens is 162 g/mol. The third-order valence-corrected chi connectivity index (χ3v) is 3.61. The number of rotatable bonds is 1. The van der Waals surface area contributed by atoms with Crippen LogP contribution in [0.5, 0.6) is 0 Å². The number of hydrogen-bond donors (Lipinski definition) is 1. The van der Waals surface area contributed by atoms with Crippen LogP contribution in [0.3, 0.4) is 0 Å². The molecule has 1 N–H and O–H groups in total. The third kappa shape index (κ3) is 2.23. The zero-order chi connectivity index (χ0) is 9.10. The lowest BCUT2D eigenvalue weighted by molar-refractivity contribution is -0.0347. The highest BCUT2D eigenvalue weighted by molar-refractivity contribution is 4.82. The van der Waals surface area contributed by atoms with Crippen LogP contribution in [0.2, 0.25) is 0 Å². The van der Waals surface area contributed by atoms with Gasteiger partial charge in [0.1, 0.15) is 0 Å². The van der Waals surface area contributed by atoms with Crippen molar-refractivity contribution in [2.24, 2.45) is 11.8 Å². The molecule has 1 saturated heterocycles. The summed E-state index contributed by atoms with van der Waals surface area (Å²) in [6.07, 6.45) is 6.13. The molecule has 76 valence electrons. The van der Waals surface area contributed by atoms with Crippen molar-refractivity contribution in [3.05, 3.63) is 0 Å². The Balaban J connectivity index is 1.88. The Hall–Kier alpha value is -0.0800.